The maximum Gasteiger partial charge on any atom is 0.326 e. The highest BCUT2D eigenvalue weighted by Gasteiger charge is 2.36. The Bertz CT molecular complexity index is 324. The van der Waals surface area contributed by atoms with E-state index in [9.17, 15) is 9.59 Å². The van der Waals surface area contributed by atoms with Crippen molar-refractivity contribution in [1.29, 1.82) is 0 Å². The van der Waals surface area contributed by atoms with Crippen molar-refractivity contribution in [3.63, 3.8) is 0 Å². The largest absolute Gasteiger partial charge is 0.480 e. The minimum Gasteiger partial charge on any atom is -0.480 e. The quantitative estimate of drug-likeness (QED) is 0.720. The summed E-state index contributed by atoms with van der Waals surface area (Å²) in [7, 11) is 0. The van der Waals surface area contributed by atoms with Gasteiger partial charge in [0.2, 0.25) is 5.91 Å². The van der Waals surface area contributed by atoms with E-state index < -0.39 is 12.0 Å². The van der Waals surface area contributed by atoms with Crippen LogP contribution in [0.25, 0.3) is 0 Å². The molecular formula is C12H17NO3. The maximum atomic E-state index is 12.1. The summed E-state index contributed by atoms with van der Waals surface area (Å²) in [5, 5.41) is 9.02. The Labute approximate surface area is 94.9 Å². The van der Waals surface area contributed by atoms with Crippen LogP contribution >= 0.6 is 0 Å². The number of rotatable bonds is 2. The third-order valence-corrected chi connectivity index (χ3v) is 3.44. The normalized spacial score (nSPS) is 29.4. The van der Waals surface area contributed by atoms with Gasteiger partial charge in [0, 0.05) is 12.5 Å². The van der Waals surface area contributed by atoms with Gasteiger partial charge in [-0.15, -0.1) is 0 Å². The van der Waals surface area contributed by atoms with Crippen molar-refractivity contribution in [3.05, 3.63) is 12.2 Å². The van der Waals surface area contributed by atoms with E-state index in [4.69, 9.17) is 5.11 Å². The van der Waals surface area contributed by atoms with Crippen LogP contribution in [-0.4, -0.2) is 34.5 Å². The summed E-state index contributed by atoms with van der Waals surface area (Å²) in [6.45, 7) is 0.607. The number of amides is 1. The predicted molar refractivity (Wildman–Crippen MR) is 58.9 cm³/mol. The molecule has 2 rings (SSSR count). The highest BCUT2D eigenvalue weighted by molar-refractivity contribution is 5.85. The molecule has 2 aliphatic rings. The van der Waals surface area contributed by atoms with E-state index in [-0.39, 0.29) is 11.8 Å². The number of aliphatic carboxylic acids is 1. The van der Waals surface area contributed by atoms with Gasteiger partial charge in [-0.25, -0.2) is 4.79 Å². The van der Waals surface area contributed by atoms with E-state index in [2.05, 4.69) is 6.08 Å². The van der Waals surface area contributed by atoms with Crippen LogP contribution in [0.1, 0.15) is 32.1 Å². The Hall–Kier alpha value is -1.32. The Kier molecular flexibility index (Phi) is 3.27. The second kappa shape index (κ2) is 4.68. The van der Waals surface area contributed by atoms with Crippen LogP contribution in [0.15, 0.2) is 12.2 Å². The van der Waals surface area contributed by atoms with E-state index in [0.717, 1.165) is 25.7 Å². The fraction of sp³-hybridized carbons (Fsp3) is 0.667. The first-order valence-electron chi connectivity index (χ1n) is 5.88. The molecule has 16 heavy (non-hydrogen) atoms. The number of allylic oxidation sites excluding steroid dienone is 2. The van der Waals surface area contributed by atoms with Crippen molar-refractivity contribution in [3.8, 4) is 0 Å². The van der Waals surface area contributed by atoms with Crippen LogP contribution in [-0.2, 0) is 9.59 Å². The van der Waals surface area contributed by atoms with Gasteiger partial charge in [0.25, 0.3) is 0 Å². The Morgan fingerprint density at radius 2 is 2.06 bits per heavy atom. The van der Waals surface area contributed by atoms with Crippen LogP contribution in [0.5, 0.6) is 0 Å². The Morgan fingerprint density at radius 3 is 2.69 bits per heavy atom. The van der Waals surface area contributed by atoms with Crippen LogP contribution in [0.3, 0.4) is 0 Å². The molecule has 88 valence electrons. The number of carboxylic acids is 1. The molecule has 1 heterocycles. The summed E-state index contributed by atoms with van der Waals surface area (Å²) in [5.74, 6) is -0.823. The average molecular weight is 223 g/mol. The molecule has 1 amide bonds. The molecule has 0 radical (unpaired) electrons. The second-order valence-electron chi connectivity index (χ2n) is 4.51. The van der Waals surface area contributed by atoms with Gasteiger partial charge in [0.1, 0.15) is 6.04 Å². The first-order valence-corrected chi connectivity index (χ1v) is 5.88. The minimum absolute atomic E-state index is 0.00458. The molecule has 1 aliphatic heterocycles. The van der Waals surface area contributed by atoms with Crippen molar-refractivity contribution in [1.82, 2.24) is 4.90 Å². The second-order valence-corrected chi connectivity index (χ2v) is 4.51. The molecule has 1 fully saturated rings. The number of hydrogen-bond donors (Lipinski definition) is 1. The van der Waals surface area contributed by atoms with Crippen molar-refractivity contribution < 1.29 is 14.7 Å². The van der Waals surface area contributed by atoms with E-state index in [1.165, 1.54) is 0 Å². The van der Waals surface area contributed by atoms with Crippen LogP contribution in [0, 0.1) is 5.92 Å². The number of carbonyl (C=O) groups excluding carboxylic acids is 1. The zero-order valence-electron chi connectivity index (χ0n) is 9.26. The number of nitrogens with zero attached hydrogens (tertiary/aromatic N) is 1. The fourth-order valence-corrected chi connectivity index (χ4v) is 2.54. The number of hydrogen-bond acceptors (Lipinski definition) is 2. The summed E-state index contributed by atoms with van der Waals surface area (Å²) < 4.78 is 0. The molecule has 4 nitrogen and oxygen atoms in total. The summed E-state index contributed by atoms with van der Waals surface area (Å²) in [4.78, 5) is 24.7. The molecule has 1 N–H and O–H groups in total. The summed E-state index contributed by atoms with van der Waals surface area (Å²) in [6, 6.07) is -0.585. The third kappa shape index (κ3) is 2.10. The maximum absolute atomic E-state index is 12.1. The zero-order valence-corrected chi connectivity index (χ0v) is 9.26. The molecule has 0 aromatic rings. The Morgan fingerprint density at radius 1 is 1.25 bits per heavy atom. The molecular weight excluding hydrogens is 206 g/mol. The molecule has 1 aliphatic carbocycles. The first kappa shape index (κ1) is 11.2. The van der Waals surface area contributed by atoms with Crippen molar-refractivity contribution in [2.75, 3.05) is 6.54 Å². The molecule has 2 atom stereocenters. The van der Waals surface area contributed by atoms with Gasteiger partial charge in [-0.2, -0.15) is 0 Å². The molecule has 0 saturated carbocycles. The topological polar surface area (TPSA) is 57.6 Å². The minimum atomic E-state index is -0.864. The molecule has 0 aromatic heterocycles. The highest BCUT2D eigenvalue weighted by Crippen LogP contribution is 2.25. The van der Waals surface area contributed by atoms with Gasteiger partial charge in [-0.05, 0) is 32.1 Å². The summed E-state index contributed by atoms with van der Waals surface area (Å²) in [5.41, 5.74) is 0. The van der Waals surface area contributed by atoms with Gasteiger partial charge in [0.15, 0.2) is 0 Å². The molecule has 4 heteroatoms. The van der Waals surface area contributed by atoms with Gasteiger partial charge in [-0.3, -0.25) is 4.79 Å². The van der Waals surface area contributed by atoms with Gasteiger partial charge >= 0.3 is 5.97 Å². The van der Waals surface area contributed by atoms with Crippen LogP contribution in [0.4, 0.5) is 0 Å². The van der Waals surface area contributed by atoms with Crippen molar-refractivity contribution in [2.24, 2.45) is 5.92 Å². The lowest BCUT2D eigenvalue weighted by molar-refractivity contribution is -0.150. The lowest BCUT2D eigenvalue weighted by Crippen LogP contribution is -2.43. The smallest absolute Gasteiger partial charge is 0.326 e. The standard InChI is InChI=1S/C12H17NO3/c14-11(9-5-2-1-3-6-9)13-8-4-7-10(13)12(15)16/h1-2,9-10H,3-8H2,(H,15,16). The lowest BCUT2D eigenvalue weighted by Gasteiger charge is -2.27. The number of likely N-dealkylation sites (tertiary alicyclic amines) is 1. The van der Waals surface area contributed by atoms with E-state index in [0.29, 0.717) is 13.0 Å². The first-order chi connectivity index (χ1) is 7.70. The van der Waals surface area contributed by atoms with E-state index in [1.807, 2.05) is 6.08 Å². The monoisotopic (exact) mass is 223 g/mol. The average Bonchev–Trinajstić information content (AvgIpc) is 2.78. The SMILES string of the molecule is O=C(O)C1CCCN1C(=O)C1CC=CCC1. The Balaban J connectivity index is 2.03. The predicted octanol–water partition coefficient (Wildman–Crippen LogP) is 1.42. The van der Waals surface area contributed by atoms with Crippen molar-refractivity contribution in [2.45, 2.75) is 38.1 Å². The molecule has 0 aromatic carbocycles. The van der Waals surface area contributed by atoms with Gasteiger partial charge in [0.05, 0.1) is 0 Å². The zero-order chi connectivity index (χ0) is 11.5. The van der Waals surface area contributed by atoms with E-state index >= 15 is 0 Å². The number of carboxylic acid groups (broad SMARTS) is 1. The van der Waals surface area contributed by atoms with Gasteiger partial charge < -0.3 is 10.0 Å². The van der Waals surface area contributed by atoms with E-state index in [1.54, 1.807) is 4.90 Å². The number of carbonyl (C=O) groups is 2. The molecule has 0 bridgehead atoms. The fourth-order valence-electron chi connectivity index (χ4n) is 2.54. The molecule has 1 saturated heterocycles. The van der Waals surface area contributed by atoms with Crippen LogP contribution in [0.2, 0.25) is 0 Å². The van der Waals surface area contributed by atoms with Crippen LogP contribution < -0.4 is 0 Å². The third-order valence-electron chi connectivity index (χ3n) is 3.44. The molecule has 0 spiro atoms. The highest BCUT2D eigenvalue weighted by atomic mass is 16.4. The van der Waals surface area contributed by atoms with Gasteiger partial charge in [-0.1, -0.05) is 12.2 Å². The lowest BCUT2D eigenvalue weighted by atomic mass is 9.93. The summed E-state index contributed by atoms with van der Waals surface area (Å²) in [6.07, 6.45) is 8.08. The van der Waals surface area contributed by atoms with Crippen molar-refractivity contribution >= 4 is 11.9 Å². The molecule has 2 unspecified atom stereocenters. The summed E-state index contributed by atoms with van der Waals surface area (Å²) >= 11 is 0.